The number of hydrogen-bond acceptors (Lipinski definition) is 4. The van der Waals surface area contributed by atoms with Crippen molar-refractivity contribution < 1.29 is 14.2 Å². The Morgan fingerprint density at radius 1 is 1.50 bits per heavy atom. The number of hydrogen-bond donors (Lipinski definition) is 0. The van der Waals surface area contributed by atoms with Crippen LogP contribution in [0.3, 0.4) is 0 Å². The SMILES string of the molecule is CCC(C)C12N=C(C)O[C@@]1(OC)O[C@H]2CC. The average Bonchev–Trinajstić information content (AvgIpc) is 2.50. The summed E-state index contributed by atoms with van der Waals surface area (Å²) >= 11 is 0. The molecule has 4 heteroatoms. The third kappa shape index (κ3) is 1.14. The van der Waals surface area contributed by atoms with Crippen molar-refractivity contribution in [3.05, 3.63) is 0 Å². The highest BCUT2D eigenvalue weighted by Gasteiger charge is 2.76. The first-order valence-electron chi connectivity index (χ1n) is 6.04. The van der Waals surface area contributed by atoms with E-state index in [1.165, 1.54) is 0 Å². The molecule has 4 nitrogen and oxygen atoms in total. The first-order chi connectivity index (χ1) is 7.56. The lowest BCUT2D eigenvalue weighted by molar-refractivity contribution is -0.468. The van der Waals surface area contributed by atoms with Crippen molar-refractivity contribution in [1.29, 1.82) is 0 Å². The van der Waals surface area contributed by atoms with Gasteiger partial charge < -0.3 is 14.2 Å². The molecule has 2 heterocycles. The Kier molecular flexibility index (Phi) is 2.75. The number of nitrogens with zero attached hydrogens (tertiary/aromatic N) is 1. The van der Waals surface area contributed by atoms with Gasteiger partial charge in [0.05, 0.1) is 6.10 Å². The van der Waals surface area contributed by atoms with Crippen molar-refractivity contribution in [2.75, 3.05) is 7.11 Å². The van der Waals surface area contributed by atoms with E-state index in [0.717, 1.165) is 12.8 Å². The van der Waals surface area contributed by atoms with Crippen LogP contribution in [0.15, 0.2) is 4.99 Å². The van der Waals surface area contributed by atoms with E-state index >= 15 is 0 Å². The fourth-order valence-electron chi connectivity index (χ4n) is 2.92. The highest BCUT2D eigenvalue weighted by molar-refractivity contribution is 5.77. The van der Waals surface area contributed by atoms with Crippen LogP contribution in [0.5, 0.6) is 0 Å². The number of methoxy groups -OCH3 is 1. The largest absolute Gasteiger partial charge is 0.424 e. The molecule has 1 fully saturated rings. The number of aliphatic imine (C=N–C) groups is 1. The lowest BCUT2D eigenvalue weighted by Gasteiger charge is -2.56. The van der Waals surface area contributed by atoms with Gasteiger partial charge in [-0.3, -0.25) is 0 Å². The summed E-state index contributed by atoms with van der Waals surface area (Å²) in [6.45, 7) is 8.31. The van der Waals surface area contributed by atoms with Gasteiger partial charge in [-0.15, -0.1) is 0 Å². The van der Waals surface area contributed by atoms with Crippen LogP contribution in [0.4, 0.5) is 0 Å². The van der Waals surface area contributed by atoms with Crippen molar-refractivity contribution >= 4 is 5.90 Å². The summed E-state index contributed by atoms with van der Waals surface area (Å²) in [4.78, 5) is 4.70. The molecule has 2 aliphatic heterocycles. The van der Waals surface area contributed by atoms with Crippen LogP contribution in [0.1, 0.15) is 40.5 Å². The van der Waals surface area contributed by atoms with Crippen LogP contribution < -0.4 is 0 Å². The van der Waals surface area contributed by atoms with E-state index in [2.05, 4.69) is 20.8 Å². The molecule has 0 bridgehead atoms. The minimum absolute atomic E-state index is 0.0971. The Bertz CT molecular complexity index is 309. The summed E-state index contributed by atoms with van der Waals surface area (Å²) in [5.41, 5.74) is -0.352. The van der Waals surface area contributed by atoms with E-state index in [9.17, 15) is 0 Å². The van der Waals surface area contributed by atoms with Crippen molar-refractivity contribution in [3.63, 3.8) is 0 Å². The zero-order valence-electron chi connectivity index (χ0n) is 10.7. The van der Waals surface area contributed by atoms with Gasteiger partial charge in [0, 0.05) is 14.0 Å². The molecular weight excluding hydrogens is 206 g/mol. The summed E-state index contributed by atoms with van der Waals surface area (Å²) in [5.74, 6) is 0.0781. The Labute approximate surface area is 97.0 Å². The number of fused-ring (bicyclic) bond motifs is 1. The number of ether oxygens (including phenoxy) is 3. The molecule has 0 spiro atoms. The minimum Gasteiger partial charge on any atom is -0.424 e. The van der Waals surface area contributed by atoms with E-state index < -0.39 is 5.97 Å². The van der Waals surface area contributed by atoms with Crippen LogP contribution in [0, 0.1) is 5.92 Å². The highest BCUT2D eigenvalue weighted by atomic mass is 16.9. The highest BCUT2D eigenvalue weighted by Crippen LogP contribution is 2.56. The Balaban J connectivity index is 2.40. The fourth-order valence-corrected chi connectivity index (χ4v) is 2.92. The maximum atomic E-state index is 5.79. The van der Waals surface area contributed by atoms with Crippen molar-refractivity contribution in [2.24, 2.45) is 10.9 Å². The first-order valence-corrected chi connectivity index (χ1v) is 6.04. The van der Waals surface area contributed by atoms with Gasteiger partial charge in [0.25, 0.3) is 0 Å². The van der Waals surface area contributed by atoms with Crippen molar-refractivity contribution in [3.8, 4) is 0 Å². The standard InChI is InChI=1S/C12H21NO3/c1-6-8(3)11-10(7-2)16-12(11,14-5)15-9(4)13-11/h8,10H,6-7H2,1-5H3/t8?,10-,11?,12+/m0/s1. The Hall–Kier alpha value is -0.610. The molecule has 0 aromatic rings. The molecule has 1 saturated heterocycles. The molecule has 2 aliphatic rings. The maximum absolute atomic E-state index is 5.79. The minimum atomic E-state index is -0.965. The molecule has 0 N–H and O–H groups in total. The second-order valence-electron chi connectivity index (χ2n) is 4.64. The van der Waals surface area contributed by atoms with Gasteiger partial charge in [-0.2, -0.15) is 0 Å². The lowest BCUT2D eigenvalue weighted by Crippen LogP contribution is -2.75. The smallest absolute Gasteiger partial charge is 0.357 e. The average molecular weight is 227 g/mol. The van der Waals surface area contributed by atoms with Gasteiger partial charge in [0.1, 0.15) is 0 Å². The molecule has 2 unspecified atom stereocenters. The second-order valence-corrected chi connectivity index (χ2v) is 4.64. The molecule has 0 radical (unpaired) electrons. The predicted molar refractivity (Wildman–Crippen MR) is 61.3 cm³/mol. The van der Waals surface area contributed by atoms with Gasteiger partial charge in [-0.05, 0) is 12.3 Å². The molecule has 92 valence electrons. The molecular formula is C12H21NO3. The third-order valence-electron chi connectivity index (χ3n) is 3.91. The van der Waals surface area contributed by atoms with Crippen molar-refractivity contribution in [2.45, 2.75) is 58.2 Å². The third-order valence-corrected chi connectivity index (χ3v) is 3.91. The maximum Gasteiger partial charge on any atom is 0.357 e. The zero-order chi connectivity index (χ0) is 12.0. The van der Waals surface area contributed by atoms with E-state index in [1.807, 2.05) is 6.92 Å². The van der Waals surface area contributed by atoms with Gasteiger partial charge >= 0.3 is 5.97 Å². The van der Waals surface area contributed by atoms with Crippen LogP contribution in [-0.4, -0.2) is 30.6 Å². The van der Waals surface area contributed by atoms with E-state index in [0.29, 0.717) is 11.8 Å². The second kappa shape index (κ2) is 3.70. The summed E-state index contributed by atoms with van der Waals surface area (Å²) in [7, 11) is 1.62. The molecule has 2 rings (SSSR count). The normalized spacial score (nSPS) is 43.1. The van der Waals surface area contributed by atoms with E-state index in [-0.39, 0.29) is 11.6 Å². The number of rotatable bonds is 4. The van der Waals surface area contributed by atoms with Gasteiger partial charge in [-0.1, -0.05) is 27.2 Å². The molecule has 0 amide bonds. The van der Waals surface area contributed by atoms with Crippen LogP contribution >= 0.6 is 0 Å². The van der Waals surface area contributed by atoms with Gasteiger partial charge in [-0.25, -0.2) is 4.99 Å². The molecule has 4 atom stereocenters. The first kappa shape index (κ1) is 11.9. The van der Waals surface area contributed by atoms with Crippen molar-refractivity contribution in [1.82, 2.24) is 0 Å². The zero-order valence-corrected chi connectivity index (χ0v) is 10.7. The summed E-state index contributed by atoms with van der Waals surface area (Å²) in [6.07, 6.45) is 2.06. The molecule has 0 saturated carbocycles. The monoisotopic (exact) mass is 227 g/mol. The fraction of sp³-hybridized carbons (Fsp3) is 0.917. The molecule has 0 aromatic heterocycles. The Morgan fingerprint density at radius 3 is 2.69 bits per heavy atom. The topological polar surface area (TPSA) is 40.0 Å². The van der Waals surface area contributed by atoms with Crippen LogP contribution in [0.25, 0.3) is 0 Å². The summed E-state index contributed by atoms with van der Waals surface area (Å²) in [6, 6.07) is 0. The van der Waals surface area contributed by atoms with Crippen LogP contribution in [0.2, 0.25) is 0 Å². The van der Waals surface area contributed by atoms with Gasteiger partial charge in [0.15, 0.2) is 11.4 Å². The van der Waals surface area contributed by atoms with Gasteiger partial charge in [0.2, 0.25) is 0 Å². The quantitative estimate of drug-likeness (QED) is 0.740. The predicted octanol–water partition coefficient (Wildman–Crippen LogP) is 2.33. The summed E-state index contributed by atoms with van der Waals surface area (Å²) in [5, 5.41) is 0. The Morgan fingerprint density at radius 2 is 2.19 bits per heavy atom. The van der Waals surface area contributed by atoms with E-state index in [1.54, 1.807) is 7.11 Å². The summed E-state index contributed by atoms with van der Waals surface area (Å²) < 4.78 is 16.9. The van der Waals surface area contributed by atoms with E-state index in [4.69, 9.17) is 19.2 Å². The lowest BCUT2D eigenvalue weighted by atomic mass is 9.72. The molecule has 0 aliphatic carbocycles. The van der Waals surface area contributed by atoms with Crippen LogP contribution in [-0.2, 0) is 14.2 Å². The molecule has 0 aromatic carbocycles. The molecule has 16 heavy (non-hydrogen) atoms.